The van der Waals surface area contributed by atoms with Gasteiger partial charge < -0.3 is 15.0 Å². The third-order valence-electron chi connectivity index (χ3n) is 4.32. The van der Waals surface area contributed by atoms with Gasteiger partial charge in [0.05, 0.1) is 6.04 Å². The molecule has 142 valence electrons. The van der Waals surface area contributed by atoms with Gasteiger partial charge in [0.25, 0.3) is 0 Å². The van der Waals surface area contributed by atoms with E-state index in [2.05, 4.69) is 15.0 Å². The van der Waals surface area contributed by atoms with E-state index in [-0.39, 0.29) is 31.0 Å². The third-order valence-corrected chi connectivity index (χ3v) is 4.32. The molecule has 2 rings (SSSR count). The van der Waals surface area contributed by atoms with E-state index in [9.17, 15) is 18.0 Å². The second-order valence-electron chi connectivity index (χ2n) is 6.19. The molecular formula is C15H27ClF3N3O2. The van der Waals surface area contributed by atoms with Gasteiger partial charge in [-0.3, -0.25) is 9.69 Å². The topological polar surface area (TPSA) is 44.8 Å². The quantitative estimate of drug-likeness (QED) is 0.719. The number of halogens is 4. The van der Waals surface area contributed by atoms with Crippen LogP contribution in [0.2, 0.25) is 0 Å². The summed E-state index contributed by atoms with van der Waals surface area (Å²) in [6, 6.07) is -0.0360. The Morgan fingerprint density at radius 3 is 2.46 bits per heavy atom. The molecule has 0 aromatic rings. The summed E-state index contributed by atoms with van der Waals surface area (Å²) in [4.78, 5) is 16.4. The average molecular weight is 374 g/mol. The van der Waals surface area contributed by atoms with Crippen molar-refractivity contribution in [3.05, 3.63) is 0 Å². The van der Waals surface area contributed by atoms with Gasteiger partial charge in [-0.25, -0.2) is 0 Å². The van der Waals surface area contributed by atoms with Crippen molar-refractivity contribution in [1.82, 2.24) is 15.1 Å². The molecule has 2 fully saturated rings. The van der Waals surface area contributed by atoms with Gasteiger partial charge in [0.1, 0.15) is 6.61 Å². The highest BCUT2D eigenvalue weighted by Crippen LogP contribution is 2.15. The number of hydrogen-bond donors (Lipinski definition) is 1. The van der Waals surface area contributed by atoms with E-state index in [4.69, 9.17) is 0 Å². The number of amides is 1. The minimum atomic E-state index is -4.25. The van der Waals surface area contributed by atoms with Gasteiger partial charge in [0.15, 0.2) is 0 Å². The Morgan fingerprint density at radius 1 is 1.17 bits per heavy atom. The van der Waals surface area contributed by atoms with Crippen LogP contribution >= 0.6 is 12.4 Å². The van der Waals surface area contributed by atoms with Crippen molar-refractivity contribution in [3.63, 3.8) is 0 Å². The van der Waals surface area contributed by atoms with Crippen LogP contribution in [0.15, 0.2) is 0 Å². The van der Waals surface area contributed by atoms with Crippen molar-refractivity contribution in [2.24, 2.45) is 0 Å². The lowest BCUT2D eigenvalue weighted by atomic mass is 10.0. The predicted molar refractivity (Wildman–Crippen MR) is 87.4 cm³/mol. The lowest BCUT2D eigenvalue weighted by Crippen LogP contribution is -2.55. The molecule has 0 aromatic carbocycles. The molecule has 2 saturated heterocycles. The maximum Gasteiger partial charge on any atom is 0.411 e. The van der Waals surface area contributed by atoms with Crippen molar-refractivity contribution in [2.75, 3.05) is 52.5 Å². The van der Waals surface area contributed by atoms with Crippen LogP contribution in [0.3, 0.4) is 0 Å². The summed E-state index contributed by atoms with van der Waals surface area (Å²) in [6.07, 6.45) is -0.530. The van der Waals surface area contributed by atoms with Crippen LogP contribution < -0.4 is 5.32 Å². The van der Waals surface area contributed by atoms with Crippen molar-refractivity contribution in [2.45, 2.75) is 37.9 Å². The molecule has 1 atom stereocenters. The molecule has 9 heteroatoms. The van der Waals surface area contributed by atoms with Crippen molar-refractivity contribution in [3.8, 4) is 0 Å². The summed E-state index contributed by atoms with van der Waals surface area (Å²) in [6.45, 7) is 3.50. The van der Waals surface area contributed by atoms with Crippen LogP contribution in [0.1, 0.15) is 25.7 Å². The number of piperidine rings is 1. The maximum atomic E-state index is 12.4. The molecule has 2 aliphatic heterocycles. The first kappa shape index (κ1) is 21.5. The fourth-order valence-electron chi connectivity index (χ4n) is 3.05. The number of hydrogen-bond acceptors (Lipinski definition) is 4. The van der Waals surface area contributed by atoms with E-state index in [1.54, 1.807) is 0 Å². The molecule has 2 aliphatic rings. The Hall–Kier alpha value is -0.570. The summed E-state index contributed by atoms with van der Waals surface area (Å²) in [5.41, 5.74) is 0. The Morgan fingerprint density at radius 2 is 1.88 bits per heavy atom. The van der Waals surface area contributed by atoms with E-state index in [0.717, 1.165) is 38.9 Å². The molecule has 0 aliphatic carbocycles. The number of rotatable bonds is 6. The van der Waals surface area contributed by atoms with Crippen LogP contribution in [0.5, 0.6) is 0 Å². The second-order valence-corrected chi connectivity index (χ2v) is 6.19. The van der Waals surface area contributed by atoms with E-state index < -0.39 is 12.8 Å². The van der Waals surface area contributed by atoms with Gasteiger partial charge in [0.2, 0.25) is 5.91 Å². The lowest BCUT2D eigenvalue weighted by molar-refractivity contribution is -0.174. The fraction of sp³-hybridized carbons (Fsp3) is 0.933. The highest BCUT2D eigenvalue weighted by Gasteiger charge is 2.29. The van der Waals surface area contributed by atoms with Crippen LogP contribution in [0, 0.1) is 0 Å². The number of nitrogens with zero attached hydrogens (tertiary/aromatic N) is 2. The molecule has 2 heterocycles. The zero-order valence-corrected chi connectivity index (χ0v) is 14.6. The zero-order valence-electron chi connectivity index (χ0n) is 13.8. The van der Waals surface area contributed by atoms with Crippen LogP contribution in [-0.4, -0.2) is 80.4 Å². The minimum Gasteiger partial charge on any atom is -0.372 e. The summed E-state index contributed by atoms with van der Waals surface area (Å²) in [7, 11) is 0. The standard InChI is InChI=1S/C15H26F3N3O2.ClH/c16-15(17,18)12-23-11-3-6-20-7-9-21(10-8-20)14(22)13-4-1-2-5-19-13;/h13,19H,1-12H2;1H. The fourth-order valence-corrected chi connectivity index (χ4v) is 3.05. The van der Waals surface area contributed by atoms with Gasteiger partial charge in [-0.2, -0.15) is 13.2 Å². The summed E-state index contributed by atoms with van der Waals surface area (Å²) >= 11 is 0. The van der Waals surface area contributed by atoms with Crippen LogP contribution in [0.4, 0.5) is 13.2 Å². The third kappa shape index (κ3) is 7.55. The Labute approximate surface area is 147 Å². The zero-order chi connectivity index (χ0) is 16.7. The van der Waals surface area contributed by atoms with Gasteiger partial charge in [-0.15, -0.1) is 12.4 Å². The number of ether oxygens (including phenoxy) is 1. The van der Waals surface area contributed by atoms with Gasteiger partial charge in [-0.05, 0) is 25.8 Å². The van der Waals surface area contributed by atoms with Crippen molar-refractivity contribution in [1.29, 1.82) is 0 Å². The summed E-state index contributed by atoms with van der Waals surface area (Å²) in [5, 5.41) is 3.27. The first-order valence-corrected chi connectivity index (χ1v) is 8.35. The molecule has 1 amide bonds. The monoisotopic (exact) mass is 373 g/mol. The minimum absolute atomic E-state index is 0. The largest absolute Gasteiger partial charge is 0.411 e. The van der Waals surface area contributed by atoms with E-state index in [0.29, 0.717) is 26.1 Å². The first-order chi connectivity index (χ1) is 11.0. The SMILES string of the molecule is Cl.O=C(C1CCCCN1)N1CCN(CCCOCC(F)(F)F)CC1. The smallest absolute Gasteiger partial charge is 0.372 e. The van der Waals surface area contributed by atoms with Crippen molar-refractivity contribution < 1.29 is 22.7 Å². The van der Waals surface area contributed by atoms with Crippen molar-refractivity contribution >= 4 is 18.3 Å². The first-order valence-electron chi connectivity index (χ1n) is 8.35. The number of carbonyl (C=O) groups is 1. The molecule has 0 aromatic heterocycles. The van der Waals surface area contributed by atoms with Gasteiger partial charge >= 0.3 is 6.18 Å². The average Bonchev–Trinajstić information content (AvgIpc) is 2.54. The highest BCUT2D eigenvalue weighted by atomic mass is 35.5. The number of piperazine rings is 1. The maximum absolute atomic E-state index is 12.4. The summed E-state index contributed by atoms with van der Waals surface area (Å²) < 4.78 is 40.4. The lowest BCUT2D eigenvalue weighted by Gasteiger charge is -2.37. The van der Waals surface area contributed by atoms with Crippen LogP contribution in [0.25, 0.3) is 0 Å². The van der Waals surface area contributed by atoms with Gasteiger partial charge in [0, 0.05) is 39.3 Å². The van der Waals surface area contributed by atoms with Crippen LogP contribution in [-0.2, 0) is 9.53 Å². The number of carbonyl (C=O) groups excluding carboxylic acids is 1. The van der Waals surface area contributed by atoms with Gasteiger partial charge in [-0.1, -0.05) is 6.42 Å². The number of nitrogens with one attached hydrogen (secondary N) is 1. The molecule has 0 bridgehead atoms. The molecule has 24 heavy (non-hydrogen) atoms. The Balaban J connectivity index is 0.00000288. The molecule has 5 nitrogen and oxygen atoms in total. The summed E-state index contributed by atoms with van der Waals surface area (Å²) in [5.74, 6) is 0.192. The van der Waals surface area contributed by atoms with E-state index in [1.807, 2.05) is 4.90 Å². The normalized spacial score (nSPS) is 23.0. The molecule has 0 saturated carbocycles. The predicted octanol–water partition coefficient (Wildman–Crippen LogP) is 1.66. The van der Waals surface area contributed by atoms with E-state index in [1.165, 1.54) is 0 Å². The highest BCUT2D eigenvalue weighted by molar-refractivity contribution is 5.85. The molecule has 1 unspecified atom stereocenters. The Kier molecular flexibility index (Phi) is 9.33. The molecular weight excluding hydrogens is 347 g/mol. The number of alkyl halides is 3. The second kappa shape index (κ2) is 10.4. The Bertz CT molecular complexity index is 371. The van der Waals surface area contributed by atoms with E-state index >= 15 is 0 Å². The molecule has 0 spiro atoms. The molecule has 1 N–H and O–H groups in total. The molecule has 0 radical (unpaired) electrons.